The van der Waals surface area contributed by atoms with Crippen molar-refractivity contribution >= 4 is 23.5 Å². The van der Waals surface area contributed by atoms with E-state index in [0.717, 1.165) is 11.1 Å². The third-order valence-corrected chi connectivity index (χ3v) is 6.43. The molecule has 3 unspecified atom stereocenters. The van der Waals surface area contributed by atoms with E-state index < -0.39 is 23.7 Å². The van der Waals surface area contributed by atoms with Crippen LogP contribution >= 0.6 is 0 Å². The molecule has 2 N–H and O–H groups in total. The highest BCUT2D eigenvalue weighted by molar-refractivity contribution is 5.98. The van der Waals surface area contributed by atoms with E-state index >= 15 is 0 Å². The van der Waals surface area contributed by atoms with E-state index in [1.54, 1.807) is 14.0 Å². The lowest BCUT2D eigenvalue weighted by Gasteiger charge is -2.24. The Balaban J connectivity index is 1.59. The van der Waals surface area contributed by atoms with Crippen molar-refractivity contribution in [3.63, 3.8) is 0 Å². The van der Waals surface area contributed by atoms with Crippen LogP contribution < -0.4 is 15.4 Å². The van der Waals surface area contributed by atoms with Crippen molar-refractivity contribution in [2.75, 3.05) is 26.1 Å². The minimum atomic E-state index is -0.901. The monoisotopic (exact) mass is 517 g/mol. The maximum absolute atomic E-state index is 13.7. The van der Waals surface area contributed by atoms with Crippen molar-refractivity contribution in [2.24, 2.45) is 0 Å². The minimum Gasteiger partial charge on any atom is -0.497 e. The fraction of sp³-hybridized carbons (Fsp3) is 0.310. The van der Waals surface area contributed by atoms with Gasteiger partial charge >= 0.3 is 5.97 Å². The molecule has 38 heavy (non-hydrogen) atoms. The number of amides is 1. The molecule has 3 aromatic rings. The molecule has 0 saturated carbocycles. The Morgan fingerprint density at radius 2 is 1.63 bits per heavy atom. The normalized spacial score (nSPS) is 17.6. The van der Waals surface area contributed by atoms with E-state index in [2.05, 4.69) is 15.6 Å². The van der Waals surface area contributed by atoms with Crippen molar-refractivity contribution < 1.29 is 28.6 Å². The van der Waals surface area contributed by atoms with Gasteiger partial charge in [0.2, 0.25) is 5.91 Å². The van der Waals surface area contributed by atoms with E-state index in [1.165, 1.54) is 25.4 Å². The van der Waals surface area contributed by atoms with E-state index in [4.69, 9.17) is 14.2 Å². The number of esters is 1. The number of methoxy groups -OCH3 is 2. The number of hydrogen-bond acceptors (Lipinski definition) is 8. The third kappa shape index (κ3) is 6.74. The summed E-state index contributed by atoms with van der Waals surface area (Å²) in [4.78, 5) is 43.3. The van der Waals surface area contributed by atoms with E-state index in [9.17, 15) is 14.4 Å². The SMILES string of the molecule is COC(=O)c1ccnc(NC(Cc2ccc(OC)cc2)C(=O)NC(Cc2ccccc2)C(=O)C2(C)CO2)c1. The van der Waals surface area contributed by atoms with Gasteiger partial charge in [0.05, 0.1) is 32.4 Å². The van der Waals surface area contributed by atoms with Crippen LogP contribution in [0.1, 0.15) is 28.4 Å². The van der Waals surface area contributed by atoms with E-state index in [-0.39, 0.29) is 11.7 Å². The van der Waals surface area contributed by atoms with Crippen LogP contribution in [-0.2, 0) is 31.9 Å². The number of benzene rings is 2. The molecule has 9 heteroatoms. The molecule has 1 aliphatic heterocycles. The van der Waals surface area contributed by atoms with Crippen molar-refractivity contribution in [1.82, 2.24) is 10.3 Å². The number of rotatable bonds is 12. The van der Waals surface area contributed by atoms with Gasteiger partial charge in [0.1, 0.15) is 23.2 Å². The molecule has 1 fully saturated rings. The molecule has 1 aliphatic rings. The lowest BCUT2D eigenvalue weighted by Crippen LogP contribution is -2.52. The highest BCUT2D eigenvalue weighted by Crippen LogP contribution is 2.29. The van der Waals surface area contributed by atoms with Crippen molar-refractivity contribution in [3.8, 4) is 5.75 Å². The number of epoxide rings is 1. The smallest absolute Gasteiger partial charge is 0.338 e. The van der Waals surface area contributed by atoms with Gasteiger partial charge in [-0.3, -0.25) is 9.59 Å². The predicted molar refractivity (Wildman–Crippen MR) is 141 cm³/mol. The number of nitrogens with one attached hydrogen (secondary N) is 2. The first-order valence-corrected chi connectivity index (χ1v) is 12.3. The molecule has 2 aromatic carbocycles. The van der Waals surface area contributed by atoms with E-state index in [1.807, 2.05) is 54.6 Å². The largest absolute Gasteiger partial charge is 0.497 e. The third-order valence-electron chi connectivity index (χ3n) is 6.43. The molecule has 3 atom stereocenters. The number of Topliss-reactive ketones (excluding diaryl/α,β-unsaturated/α-hetero) is 1. The predicted octanol–water partition coefficient (Wildman–Crippen LogP) is 2.99. The average Bonchev–Trinajstić information content (AvgIpc) is 3.70. The summed E-state index contributed by atoms with van der Waals surface area (Å²) in [6.07, 6.45) is 2.08. The molecule has 9 nitrogen and oxygen atoms in total. The second-order valence-corrected chi connectivity index (χ2v) is 9.31. The topological polar surface area (TPSA) is 119 Å². The molecule has 4 rings (SSSR count). The molecule has 1 saturated heterocycles. The van der Waals surface area contributed by atoms with Gasteiger partial charge in [-0.25, -0.2) is 9.78 Å². The fourth-order valence-electron chi connectivity index (χ4n) is 4.09. The average molecular weight is 518 g/mol. The van der Waals surface area contributed by atoms with Crippen LogP contribution in [0.5, 0.6) is 5.75 Å². The van der Waals surface area contributed by atoms with Crippen molar-refractivity contribution in [2.45, 2.75) is 37.5 Å². The molecular weight excluding hydrogens is 486 g/mol. The van der Waals surface area contributed by atoms with E-state index in [0.29, 0.717) is 36.6 Å². The van der Waals surface area contributed by atoms with Crippen molar-refractivity contribution in [1.29, 1.82) is 0 Å². The standard InChI is InChI=1S/C29H31N3O6/c1-29(18-38-29)26(33)23(15-19-7-5-4-6-8-19)32-27(34)24(16-20-9-11-22(36-2)12-10-20)31-25-17-21(13-14-30-25)28(35)37-3/h4-14,17,23-24H,15-16,18H2,1-3H3,(H,30,31)(H,32,34). The Labute approximate surface area is 221 Å². The van der Waals surface area contributed by atoms with Gasteiger partial charge in [-0.1, -0.05) is 42.5 Å². The van der Waals surface area contributed by atoms with Gasteiger partial charge in [-0.15, -0.1) is 0 Å². The highest BCUT2D eigenvalue weighted by Gasteiger charge is 2.50. The number of pyridine rings is 1. The summed E-state index contributed by atoms with van der Waals surface area (Å²) in [7, 11) is 2.88. The summed E-state index contributed by atoms with van der Waals surface area (Å²) in [6, 6.07) is 18.3. The maximum atomic E-state index is 13.7. The first-order chi connectivity index (χ1) is 18.3. The summed E-state index contributed by atoms with van der Waals surface area (Å²) in [5.74, 6) is -0.0579. The Hall–Kier alpha value is -4.24. The number of ether oxygens (including phenoxy) is 3. The first kappa shape index (κ1) is 26.8. The van der Waals surface area contributed by atoms with Gasteiger partial charge < -0.3 is 24.8 Å². The summed E-state index contributed by atoms with van der Waals surface area (Å²) in [6.45, 7) is 2.06. The summed E-state index contributed by atoms with van der Waals surface area (Å²) >= 11 is 0. The van der Waals surface area contributed by atoms with Crippen LogP contribution in [0.4, 0.5) is 5.82 Å². The number of carbonyl (C=O) groups is 3. The van der Waals surface area contributed by atoms with Crippen LogP contribution in [0.15, 0.2) is 72.9 Å². The summed E-state index contributed by atoms with van der Waals surface area (Å²) in [5.41, 5.74) is 1.18. The van der Waals surface area contributed by atoms with Gasteiger partial charge in [0, 0.05) is 12.6 Å². The number of nitrogens with zero attached hydrogens (tertiary/aromatic N) is 1. The highest BCUT2D eigenvalue weighted by atomic mass is 16.6. The van der Waals surface area contributed by atoms with Crippen LogP contribution in [0.25, 0.3) is 0 Å². The number of ketones is 1. The van der Waals surface area contributed by atoms with Gasteiger partial charge in [0.15, 0.2) is 5.78 Å². The second kappa shape index (κ2) is 11.9. The molecule has 1 amide bonds. The molecular formula is C29H31N3O6. The van der Waals surface area contributed by atoms with Crippen LogP contribution in [0.3, 0.4) is 0 Å². The Bertz CT molecular complexity index is 1270. The zero-order chi connectivity index (χ0) is 27.1. The Kier molecular flexibility index (Phi) is 8.38. The zero-order valence-electron chi connectivity index (χ0n) is 21.6. The summed E-state index contributed by atoms with van der Waals surface area (Å²) in [5, 5.41) is 6.08. The van der Waals surface area contributed by atoms with Gasteiger partial charge in [-0.05, 0) is 48.7 Å². The molecule has 0 aliphatic carbocycles. The van der Waals surface area contributed by atoms with Crippen LogP contribution in [-0.4, -0.2) is 61.2 Å². The van der Waals surface area contributed by atoms with Crippen molar-refractivity contribution in [3.05, 3.63) is 89.6 Å². The Morgan fingerprint density at radius 1 is 0.974 bits per heavy atom. The van der Waals surface area contributed by atoms with Crippen LogP contribution in [0.2, 0.25) is 0 Å². The lowest BCUT2D eigenvalue weighted by atomic mass is 9.94. The molecule has 0 spiro atoms. The molecule has 0 bridgehead atoms. The Morgan fingerprint density at radius 3 is 2.26 bits per heavy atom. The fourth-order valence-corrected chi connectivity index (χ4v) is 4.09. The van der Waals surface area contributed by atoms with Gasteiger partial charge in [0.25, 0.3) is 0 Å². The molecule has 2 heterocycles. The number of hydrogen-bond donors (Lipinski definition) is 2. The van der Waals surface area contributed by atoms with Crippen LogP contribution in [0, 0.1) is 0 Å². The lowest BCUT2D eigenvalue weighted by molar-refractivity contribution is -0.130. The quantitative estimate of drug-likeness (QED) is 0.278. The minimum absolute atomic E-state index is 0.177. The number of aromatic nitrogens is 1. The maximum Gasteiger partial charge on any atom is 0.338 e. The second-order valence-electron chi connectivity index (χ2n) is 9.31. The molecule has 1 aromatic heterocycles. The number of carbonyl (C=O) groups excluding carboxylic acids is 3. The number of anilines is 1. The van der Waals surface area contributed by atoms with Gasteiger partial charge in [-0.2, -0.15) is 0 Å². The molecule has 198 valence electrons. The summed E-state index contributed by atoms with van der Waals surface area (Å²) < 4.78 is 15.4. The first-order valence-electron chi connectivity index (χ1n) is 12.3. The zero-order valence-corrected chi connectivity index (χ0v) is 21.6. The molecule has 0 radical (unpaired) electrons.